The van der Waals surface area contributed by atoms with E-state index in [0.29, 0.717) is 13.2 Å². The fraction of sp³-hybridized carbons (Fsp3) is 0.919. The van der Waals surface area contributed by atoms with Crippen LogP contribution in [0, 0.1) is 5.92 Å². The zero-order valence-electron chi connectivity index (χ0n) is 67.2. The summed E-state index contributed by atoms with van der Waals surface area (Å²) in [7, 11) is 2.59. The maximum absolute atomic E-state index is 13.9. The van der Waals surface area contributed by atoms with E-state index in [2.05, 4.69) is 79.3 Å². The normalized spacial score (nSPS) is 37.3. The molecule has 0 saturated carbocycles. The molecule has 10 bridgehead atoms. The van der Waals surface area contributed by atoms with Gasteiger partial charge in [-0.15, -0.1) is 23.2 Å². The molecule has 40 nitrogen and oxygen atoms in total. The first-order valence-electron chi connectivity index (χ1n) is 36.2. The summed E-state index contributed by atoms with van der Waals surface area (Å²) in [4.78, 5) is 64.1. The van der Waals surface area contributed by atoms with Crippen LogP contribution in [0.15, 0.2) is 0 Å². The van der Waals surface area contributed by atoms with Crippen molar-refractivity contribution in [3.8, 4) is 0 Å². The van der Waals surface area contributed by atoms with Crippen LogP contribution in [-0.4, -0.2) is 418 Å². The first-order chi connectivity index (χ1) is 55.4. The summed E-state index contributed by atoms with van der Waals surface area (Å²) < 4.78 is 210. The van der Waals surface area contributed by atoms with Gasteiger partial charge in [0.05, 0.1) is 63.8 Å². The number of carbonyl (C=O) groups is 6. The Hall–Kier alpha value is -2.79. The van der Waals surface area contributed by atoms with Gasteiger partial charge in [0.15, 0.2) is 94.2 Å². The zero-order valence-corrected chi connectivity index (χ0v) is 72.2. The smallest absolute Gasteiger partial charge is 0.347 e. The predicted molar refractivity (Wildman–Crippen MR) is 442 cm³/mol. The average molecular weight is 2020 g/mol. The zero-order chi connectivity index (χ0) is 92.2. The number of alkyl halides is 10. The second-order valence-corrected chi connectivity index (χ2v) is 42.6. The highest BCUT2D eigenvalue weighted by atomic mass is 35.6. The lowest BCUT2D eigenvalue weighted by atomic mass is 9.94. The van der Waals surface area contributed by atoms with Gasteiger partial charge in [-0.1, -0.05) is 86.0 Å². The average Bonchev–Trinajstić information content (AvgIpc) is 1.55. The van der Waals surface area contributed by atoms with Gasteiger partial charge in [0, 0.05) is 62.1 Å². The molecule has 0 aromatic rings. The lowest BCUT2D eigenvalue weighted by Crippen LogP contribution is -2.62. The van der Waals surface area contributed by atoms with E-state index >= 15 is 0 Å². The number of methoxy groups -OCH3 is 4. The molecule has 0 aromatic heterocycles. The van der Waals surface area contributed by atoms with Crippen LogP contribution in [0.4, 0.5) is 35.1 Å². The summed E-state index contributed by atoms with van der Waals surface area (Å²) in [6.45, 7) is 18.1. The summed E-state index contributed by atoms with van der Waals surface area (Å²) >= 11 is 19.8. The quantitative estimate of drug-likeness (QED) is 0.0254. The van der Waals surface area contributed by atoms with Crippen molar-refractivity contribution in [3.05, 3.63) is 0 Å². The highest BCUT2D eigenvalue weighted by Crippen LogP contribution is 2.44. The van der Waals surface area contributed by atoms with Crippen molar-refractivity contribution in [2.75, 3.05) is 86.6 Å². The van der Waals surface area contributed by atoms with Crippen LogP contribution >= 0.6 is 45.9 Å². The lowest BCUT2D eigenvalue weighted by molar-refractivity contribution is -0.335. The van der Waals surface area contributed by atoms with Crippen molar-refractivity contribution in [2.45, 2.75) is 348 Å². The molecular weight excluding hydrogens is 1880 g/mol. The number of hydrogen-bond donors (Lipinski definition) is 13. The SMILES string of the molecule is C.C.C.C.C.C.C.C.CC(=O)Cl.CC(=O)OC[C@H]1O[C@H](OC(C)=O)C(F)(F)C1OC(C)=O.CO[C@@H]1C(=O)[C@H](OC)[C@H]2CO[C@@H]1O2.CO[C@@H]1[C@H]2CO[C@H](O2)[C@H](OC)C1(F)F.C[C@H]1[C@@H]2OC[C@@H](O2)[C@@H](O[Si](C)(C)C)[C@@H]1O.C[Si](C)(C)Cl.ClCCl.O=C1[C@@H](O)[C@@H]2OC[C@@H](O2)[C@H]1O.OCC1OC(O)[C@H](O)C(F)(F)[C@@H]1O.OC[C@H]1OC(O)C(F)(F)C1O.O[C@@H]1[C@@H](O)[C@@H]2OC[C@@H](O2)[C@H]1O. The lowest BCUT2D eigenvalue weighted by Gasteiger charge is -2.39. The largest absolute Gasteiger partial charge is 0.463 e. The molecule has 13 fully saturated rings. The number of aliphatic hydroxyl groups is 13. The Labute approximate surface area is 762 Å². The van der Waals surface area contributed by atoms with Gasteiger partial charge in [-0.25, -0.2) is 17.6 Å². The molecule has 13 rings (SSSR count). The second-order valence-electron chi connectivity index (χ2n) is 29.3. The van der Waals surface area contributed by atoms with E-state index in [4.69, 9.17) is 156 Å². The maximum atomic E-state index is 13.9. The number of fused-ring (bicyclic) bond motifs is 10. The molecule has 13 aliphatic rings. The monoisotopic (exact) mass is 2020 g/mol. The van der Waals surface area contributed by atoms with Gasteiger partial charge in [0.25, 0.3) is 6.29 Å². The van der Waals surface area contributed by atoms with E-state index < -0.39 is 249 Å². The van der Waals surface area contributed by atoms with Crippen LogP contribution in [0.5, 0.6) is 0 Å². The molecule has 0 spiro atoms. The number of halogens is 12. The molecule has 13 heterocycles. The van der Waals surface area contributed by atoms with Crippen LogP contribution in [-0.2, 0) is 128 Å². The van der Waals surface area contributed by atoms with Gasteiger partial charge in [-0.05, 0) is 31.2 Å². The Morgan fingerprint density at radius 2 is 0.852 bits per heavy atom. The van der Waals surface area contributed by atoms with E-state index in [1.165, 1.54) is 35.4 Å². The minimum atomic E-state index is -3.88. The number of carbonyl (C=O) groups excluding carboxylic acids is 6. The molecule has 128 heavy (non-hydrogen) atoms. The van der Waals surface area contributed by atoms with Crippen molar-refractivity contribution < 1.29 is 229 Å². The van der Waals surface area contributed by atoms with E-state index in [9.17, 15) is 79.2 Å². The molecule has 0 aromatic carbocycles. The van der Waals surface area contributed by atoms with E-state index in [1.807, 2.05) is 6.92 Å². The van der Waals surface area contributed by atoms with E-state index in [-0.39, 0.29) is 126 Å². The van der Waals surface area contributed by atoms with Crippen molar-refractivity contribution in [3.63, 3.8) is 0 Å². The molecule has 0 aliphatic carbocycles. The predicted octanol–water partition coefficient (Wildman–Crippen LogP) is 3.05. The van der Waals surface area contributed by atoms with Gasteiger partial charge < -0.3 is 166 Å². The van der Waals surface area contributed by atoms with Crippen LogP contribution < -0.4 is 0 Å². The molecule has 5 unspecified atom stereocenters. The third-order valence-corrected chi connectivity index (χ3v) is 18.7. The minimum absolute atomic E-state index is 0. The third kappa shape index (κ3) is 37.9. The Kier molecular flexibility index (Phi) is 63.8. The maximum Gasteiger partial charge on any atom is 0.347 e. The molecule has 54 heteroatoms. The number of hydrogen-bond acceptors (Lipinski definition) is 40. The number of aliphatic hydroxyl groups excluding tert-OH is 13. The van der Waals surface area contributed by atoms with Crippen molar-refractivity contribution in [2.24, 2.45) is 5.92 Å². The Morgan fingerprint density at radius 3 is 1.30 bits per heavy atom. The summed E-state index contributed by atoms with van der Waals surface area (Å²) in [5.74, 6) is -17.8. The molecular formula is C74H140Cl4F8O40Si2. The van der Waals surface area contributed by atoms with Crippen LogP contribution in [0.25, 0.3) is 0 Å². The van der Waals surface area contributed by atoms with Crippen LogP contribution in [0.3, 0.4) is 0 Å². The minimum Gasteiger partial charge on any atom is -0.463 e. The standard InChI is InChI=1S/C11H14F2O7.C10H20O4Si.C8H12F2O4.C8H12O5.C6H10F2O5.C6H10O5.C6H8O5.C5H8F2O4.C3H9ClSi.C2H3ClO.CH2Cl2.8CH4/c1-5(14)17-4-8-9(18-6(2)15)11(12,13)10(20-8)19-7(3)16;1-6-8(11)9(14-15(2,3)4)7-5-12-10(6)13-7;1-11-5-4-3-13-7(14-4)6(12-2)8(5,9)10;1-10-6-4-3-12-8(13-4)7(11-2)5(6)9;7-6(8)3(10)2(1-9)13-5(12)4(6)11;2*7-3-2-1-10-6(11-2)5(9)4(3)8;6-5(7)3(9)2(1-8)11-4(5)10;1-5(2,3)4;1-2(3)4;2-1-3;;;;;;;;/h8-10H,4H2,1-3H3;6-11H,5H2,1-4H3;4-7H,3H2,1-2H3;4,6-8H,3H2,1-2H3;2-5,9-12H,1H2;2-9H,1H2;2-3,5-7,9H,1H2;2-4,8-10H,1H2;1-3H3;1H3;1H2;8*1H4/t8-,9?,10+;6-,7-,8-,9-,10-;4-,5-,6+,7-;4-,6-,7-,8-;2?,3-,4+,5?;2-,3-,4+,5-,6-;2-,3-,5-,6-;2-,3?,4?;;;;;;;;;;;/m11111111.........../s1. The molecule has 768 valence electrons. The molecule has 0 radical (unpaired) electrons. The van der Waals surface area contributed by atoms with Gasteiger partial charge in [-0.2, -0.15) is 28.6 Å². The summed E-state index contributed by atoms with van der Waals surface area (Å²) in [6.07, 6.45) is -36.0. The van der Waals surface area contributed by atoms with Gasteiger partial charge in [-0.3, -0.25) is 28.8 Å². The molecule has 0 amide bonds. The van der Waals surface area contributed by atoms with Crippen LogP contribution in [0.2, 0.25) is 39.3 Å². The second kappa shape index (κ2) is 60.0. The first-order valence-corrected chi connectivity index (χ1v) is 45.6. The molecule has 13 N–H and O–H groups in total. The highest BCUT2D eigenvalue weighted by Gasteiger charge is 2.66. The van der Waals surface area contributed by atoms with Gasteiger partial charge >= 0.3 is 41.6 Å². The van der Waals surface area contributed by atoms with Crippen molar-refractivity contribution in [1.82, 2.24) is 0 Å². The summed E-state index contributed by atoms with van der Waals surface area (Å²) in [5, 5.41) is 116. The number of ketones is 2. The third-order valence-electron chi connectivity index (χ3n) is 17.7. The molecule has 13 saturated heterocycles. The Bertz CT molecular complexity index is 3060. The molecule has 32 atom stereocenters. The van der Waals surface area contributed by atoms with E-state index in [1.54, 1.807) is 0 Å². The van der Waals surface area contributed by atoms with E-state index in [0.717, 1.165) is 20.8 Å². The number of esters is 3. The highest BCUT2D eigenvalue weighted by molar-refractivity contribution is 7.18. The first kappa shape index (κ1) is 136. The summed E-state index contributed by atoms with van der Waals surface area (Å²) in [5.41, 5.74) is 0. The number of rotatable bonds is 12. The number of ether oxygens (including phenoxy) is 20. The van der Waals surface area contributed by atoms with Gasteiger partial charge in [0.2, 0.25) is 17.6 Å². The summed E-state index contributed by atoms with van der Waals surface area (Å²) in [6, 6.07) is 0. The number of Topliss-reactive ketones (excluding diaryl/α,β-unsaturated/α-hetero) is 2. The van der Waals surface area contributed by atoms with Gasteiger partial charge in [0.1, 0.15) is 99.4 Å². The fourth-order valence-corrected chi connectivity index (χ4v) is 13.1. The van der Waals surface area contributed by atoms with Crippen molar-refractivity contribution in [1.29, 1.82) is 0 Å². The molecule has 13 aliphatic heterocycles. The van der Waals surface area contributed by atoms with Crippen LogP contribution in [0.1, 0.15) is 94.0 Å². The Balaban J connectivity index is -0.000000325. The van der Waals surface area contributed by atoms with Crippen molar-refractivity contribution >= 4 is 96.3 Å². The topological polar surface area (TPSA) is 559 Å². The Morgan fingerprint density at radius 1 is 0.438 bits per heavy atom. The fourth-order valence-electron chi connectivity index (χ4n) is 12.0.